The van der Waals surface area contributed by atoms with Gasteiger partial charge in [0.2, 0.25) is 0 Å². The fourth-order valence-corrected chi connectivity index (χ4v) is 4.12. The molecule has 0 saturated carbocycles. The summed E-state index contributed by atoms with van der Waals surface area (Å²) in [5, 5.41) is 1.76. The molecule has 1 heterocycles. The van der Waals surface area contributed by atoms with E-state index in [0.29, 0.717) is 16.8 Å². The van der Waals surface area contributed by atoms with Gasteiger partial charge in [0.25, 0.3) is 0 Å². The third-order valence-corrected chi connectivity index (χ3v) is 5.40. The number of halogens is 3. The first kappa shape index (κ1) is 15.1. The Kier molecular flexibility index (Phi) is 5.13. The minimum absolute atomic E-state index is 0.347. The summed E-state index contributed by atoms with van der Waals surface area (Å²) in [7, 11) is 0. The predicted octanol–water partition coefficient (Wildman–Crippen LogP) is 5.06. The molecule has 19 heavy (non-hydrogen) atoms. The Morgan fingerprint density at radius 3 is 2.42 bits per heavy atom. The highest BCUT2D eigenvalue weighted by Gasteiger charge is 2.33. The van der Waals surface area contributed by atoms with Crippen LogP contribution in [0.4, 0.5) is 0 Å². The molecule has 0 bridgehead atoms. The summed E-state index contributed by atoms with van der Waals surface area (Å²) in [5.41, 5.74) is 0.660. The first-order chi connectivity index (χ1) is 9.11. The van der Waals surface area contributed by atoms with Crippen LogP contribution >= 0.6 is 46.1 Å². The van der Waals surface area contributed by atoms with E-state index in [0.717, 1.165) is 17.0 Å². The van der Waals surface area contributed by atoms with Gasteiger partial charge in [-0.05, 0) is 25.0 Å². The zero-order chi connectivity index (χ0) is 13.9. The number of aryl methyl sites for hydroxylation is 1. The van der Waals surface area contributed by atoms with Gasteiger partial charge in [-0.15, -0.1) is 34.5 Å². The lowest BCUT2D eigenvalue weighted by Gasteiger charge is -2.30. The number of nitrogens with zero attached hydrogens (tertiary/aromatic N) is 1. The van der Waals surface area contributed by atoms with Crippen molar-refractivity contribution >= 4 is 46.1 Å². The van der Waals surface area contributed by atoms with E-state index >= 15 is 0 Å². The van der Waals surface area contributed by atoms with Crippen molar-refractivity contribution in [3.63, 3.8) is 0 Å². The third-order valence-electron chi connectivity index (χ3n) is 3.14. The molecule has 0 radical (unpaired) electrons. The molecule has 2 aromatic rings. The lowest BCUT2D eigenvalue weighted by atomic mass is 9.80. The zero-order valence-electron chi connectivity index (χ0n) is 10.5. The van der Waals surface area contributed by atoms with Gasteiger partial charge in [0, 0.05) is 33.3 Å². The SMILES string of the molecule is Cc1ncc(CC(CCl)(CCl)c2ccccc2Cl)s1. The van der Waals surface area contributed by atoms with E-state index in [9.17, 15) is 0 Å². The molecular weight excluding hydrogens is 321 g/mol. The first-order valence-corrected chi connectivity index (χ1v) is 8.16. The van der Waals surface area contributed by atoms with Crippen molar-refractivity contribution < 1.29 is 0 Å². The average molecular weight is 335 g/mol. The van der Waals surface area contributed by atoms with Gasteiger partial charge in [0.1, 0.15) is 0 Å². The molecule has 0 aliphatic heterocycles. The fourth-order valence-electron chi connectivity index (χ4n) is 2.08. The standard InChI is InChI=1S/C14H14Cl3NS/c1-10-18-7-11(19-10)6-14(8-15,9-16)12-4-2-3-5-13(12)17/h2-5,7H,6,8-9H2,1H3. The molecule has 0 unspecified atom stereocenters. The van der Waals surface area contributed by atoms with E-state index in [1.54, 1.807) is 11.3 Å². The van der Waals surface area contributed by atoms with Crippen molar-refractivity contribution in [3.05, 3.63) is 50.9 Å². The van der Waals surface area contributed by atoms with Crippen molar-refractivity contribution in [2.24, 2.45) is 0 Å². The highest BCUT2D eigenvalue weighted by molar-refractivity contribution is 7.11. The summed E-state index contributed by atoms with van der Waals surface area (Å²) < 4.78 is 0. The van der Waals surface area contributed by atoms with Crippen LogP contribution in [0.15, 0.2) is 30.5 Å². The largest absolute Gasteiger partial charge is 0.250 e. The Hall–Kier alpha value is -0.280. The lowest BCUT2D eigenvalue weighted by Crippen LogP contribution is -2.33. The van der Waals surface area contributed by atoms with Gasteiger partial charge < -0.3 is 0 Å². The van der Waals surface area contributed by atoms with Gasteiger partial charge in [-0.3, -0.25) is 0 Å². The van der Waals surface area contributed by atoms with Crippen LogP contribution in [-0.2, 0) is 11.8 Å². The van der Waals surface area contributed by atoms with Gasteiger partial charge in [0.05, 0.1) is 5.01 Å². The van der Waals surface area contributed by atoms with E-state index in [1.165, 1.54) is 4.88 Å². The summed E-state index contributed by atoms with van der Waals surface area (Å²) in [6.07, 6.45) is 2.65. The van der Waals surface area contributed by atoms with Crippen molar-refractivity contribution in [1.29, 1.82) is 0 Å². The van der Waals surface area contributed by atoms with Gasteiger partial charge in [-0.1, -0.05) is 29.8 Å². The number of alkyl halides is 2. The summed E-state index contributed by atoms with van der Waals surface area (Å²) in [5.74, 6) is 0.856. The summed E-state index contributed by atoms with van der Waals surface area (Å²) in [6.45, 7) is 1.99. The predicted molar refractivity (Wildman–Crippen MR) is 85.1 cm³/mol. The van der Waals surface area contributed by atoms with E-state index < -0.39 is 0 Å². The molecule has 1 aromatic heterocycles. The molecule has 5 heteroatoms. The van der Waals surface area contributed by atoms with Crippen LogP contribution in [0, 0.1) is 6.92 Å². The van der Waals surface area contributed by atoms with Gasteiger partial charge in [-0.2, -0.15) is 0 Å². The molecule has 0 saturated heterocycles. The normalized spacial score (nSPS) is 11.8. The molecule has 0 spiro atoms. The van der Waals surface area contributed by atoms with Gasteiger partial charge in [0.15, 0.2) is 0 Å². The number of benzene rings is 1. The minimum Gasteiger partial charge on any atom is -0.250 e. The second-order valence-corrected chi connectivity index (χ2v) is 6.81. The maximum atomic E-state index is 6.31. The maximum Gasteiger partial charge on any atom is 0.0896 e. The van der Waals surface area contributed by atoms with Crippen LogP contribution in [0.1, 0.15) is 15.4 Å². The Morgan fingerprint density at radius 2 is 1.89 bits per heavy atom. The molecule has 0 aliphatic rings. The van der Waals surface area contributed by atoms with E-state index in [1.807, 2.05) is 37.4 Å². The van der Waals surface area contributed by atoms with Crippen LogP contribution in [0.5, 0.6) is 0 Å². The molecular formula is C14H14Cl3NS. The number of thiazole rings is 1. The Morgan fingerprint density at radius 1 is 1.21 bits per heavy atom. The summed E-state index contributed by atoms with van der Waals surface area (Å²) in [6, 6.07) is 7.76. The lowest BCUT2D eigenvalue weighted by molar-refractivity contribution is 0.541. The summed E-state index contributed by atoms with van der Waals surface area (Å²) >= 11 is 20.4. The molecule has 0 atom stereocenters. The van der Waals surface area contributed by atoms with Crippen molar-refractivity contribution in [3.8, 4) is 0 Å². The topological polar surface area (TPSA) is 12.9 Å². The molecule has 0 fully saturated rings. The molecule has 0 amide bonds. The molecule has 2 rings (SSSR count). The van der Waals surface area contributed by atoms with Crippen molar-refractivity contribution in [2.45, 2.75) is 18.8 Å². The molecule has 0 N–H and O–H groups in total. The molecule has 1 aromatic carbocycles. The molecule has 0 aliphatic carbocycles. The number of aromatic nitrogens is 1. The smallest absolute Gasteiger partial charge is 0.0896 e. The Labute approximate surface area is 132 Å². The van der Waals surface area contributed by atoms with Crippen molar-refractivity contribution in [1.82, 2.24) is 4.98 Å². The van der Waals surface area contributed by atoms with E-state index in [4.69, 9.17) is 34.8 Å². The average Bonchev–Trinajstić information content (AvgIpc) is 2.82. The molecule has 102 valence electrons. The minimum atomic E-state index is -0.347. The summed E-state index contributed by atoms with van der Waals surface area (Å²) in [4.78, 5) is 5.46. The Balaban J connectivity index is 2.40. The van der Waals surface area contributed by atoms with Crippen LogP contribution < -0.4 is 0 Å². The molecule has 1 nitrogen and oxygen atoms in total. The number of hydrogen-bond acceptors (Lipinski definition) is 2. The van der Waals surface area contributed by atoms with Crippen molar-refractivity contribution in [2.75, 3.05) is 11.8 Å². The van der Waals surface area contributed by atoms with Crippen LogP contribution in [0.25, 0.3) is 0 Å². The third kappa shape index (κ3) is 3.25. The first-order valence-electron chi connectivity index (χ1n) is 5.89. The van der Waals surface area contributed by atoms with Gasteiger partial charge in [-0.25, -0.2) is 4.98 Å². The van der Waals surface area contributed by atoms with Crippen LogP contribution in [0.3, 0.4) is 0 Å². The fraction of sp³-hybridized carbons (Fsp3) is 0.357. The van der Waals surface area contributed by atoms with Crippen LogP contribution in [0.2, 0.25) is 5.02 Å². The van der Waals surface area contributed by atoms with Crippen LogP contribution in [-0.4, -0.2) is 16.7 Å². The Bertz CT molecular complexity index is 549. The quantitative estimate of drug-likeness (QED) is 0.696. The monoisotopic (exact) mass is 333 g/mol. The van der Waals surface area contributed by atoms with E-state index in [-0.39, 0.29) is 5.41 Å². The maximum absolute atomic E-state index is 6.31. The highest BCUT2D eigenvalue weighted by Crippen LogP contribution is 2.36. The highest BCUT2D eigenvalue weighted by atomic mass is 35.5. The zero-order valence-corrected chi connectivity index (χ0v) is 13.6. The van der Waals surface area contributed by atoms with Gasteiger partial charge >= 0.3 is 0 Å². The number of rotatable bonds is 5. The van der Waals surface area contributed by atoms with E-state index in [2.05, 4.69) is 4.98 Å². The number of hydrogen-bond donors (Lipinski definition) is 0. The second-order valence-electron chi connectivity index (χ2n) is 4.55. The second kappa shape index (κ2) is 6.45.